The molecule has 0 radical (unpaired) electrons. The van der Waals surface area contributed by atoms with Gasteiger partial charge in [0.2, 0.25) is 0 Å². The van der Waals surface area contributed by atoms with Crippen molar-refractivity contribution in [2.24, 2.45) is 0 Å². The topological polar surface area (TPSA) is 18.5 Å². The van der Waals surface area contributed by atoms with Gasteiger partial charge in [-0.1, -0.05) is 31.6 Å². The van der Waals surface area contributed by atoms with E-state index in [2.05, 4.69) is 26.2 Å². The van der Waals surface area contributed by atoms with Gasteiger partial charge in [-0.15, -0.1) is 13.2 Å². The highest BCUT2D eigenvalue weighted by Gasteiger charge is 2.01. The van der Waals surface area contributed by atoms with E-state index in [1.54, 1.807) is 12.2 Å². The van der Waals surface area contributed by atoms with E-state index in [4.69, 9.17) is 9.47 Å². The number of hydrogen-bond acceptors (Lipinski definition) is 2. The van der Waals surface area contributed by atoms with Crippen molar-refractivity contribution in [3.05, 3.63) is 37.5 Å². The lowest BCUT2D eigenvalue weighted by atomic mass is 10.3. The molecule has 0 heterocycles. The first-order valence-corrected chi connectivity index (χ1v) is 4.96. The second kappa shape index (κ2) is 10.2. The third kappa shape index (κ3) is 7.77. The van der Waals surface area contributed by atoms with Crippen LogP contribution in [0, 0.1) is 0 Å². The zero-order chi connectivity index (χ0) is 10.6. The molecule has 0 rings (SSSR count). The maximum Gasteiger partial charge on any atom is 0.177 e. The van der Waals surface area contributed by atoms with Gasteiger partial charge in [-0.3, -0.25) is 0 Å². The molecule has 0 bridgehead atoms. The Kier molecular flexibility index (Phi) is 9.59. The summed E-state index contributed by atoms with van der Waals surface area (Å²) in [4.78, 5) is 0. The lowest BCUT2D eigenvalue weighted by molar-refractivity contribution is -0.0936. The highest BCUT2D eigenvalue weighted by Crippen LogP contribution is 2.00. The molecule has 80 valence electrons. The maximum atomic E-state index is 5.37. The fourth-order valence-corrected chi connectivity index (χ4v) is 0.859. The molecule has 0 N–H and O–H groups in total. The molecule has 14 heavy (non-hydrogen) atoms. The Morgan fingerprint density at radius 2 is 1.71 bits per heavy atom. The van der Waals surface area contributed by atoms with E-state index >= 15 is 0 Å². The van der Waals surface area contributed by atoms with Gasteiger partial charge in [0, 0.05) is 0 Å². The number of unbranched alkanes of at least 4 members (excludes halogenated alkanes) is 1. The number of rotatable bonds is 9. The second-order valence-corrected chi connectivity index (χ2v) is 2.83. The average Bonchev–Trinajstić information content (AvgIpc) is 2.21. The third-order valence-corrected chi connectivity index (χ3v) is 1.51. The van der Waals surface area contributed by atoms with Crippen molar-refractivity contribution in [3.8, 4) is 0 Å². The first kappa shape index (κ1) is 13.1. The predicted octanol–water partition coefficient (Wildman–Crippen LogP) is 3.07. The Hall–Kier alpha value is -0.860. The Bertz CT molecular complexity index is 161. The van der Waals surface area contributed by atoms with Gasteiger partial charge >= 0.3 is 0 Å². The van der Waals surface area contributed by atoms with Gasteiger partial charge in [0.25, 0.3) is 0 Å². The summed E-state index contributed by atoms with van der Waals surface area (Å²) >= 11 is 0. The normalized spacial score (nSPS) is 11.0. The molecule has 0 aromatic carbocycles. The van der Waals surface area contributed by atoms with Crippen molar-refractivity contribution in [3.63, 3.8) is 0 Å². The molecule has 0 fully saturated rings. The lowest BCUT2D eigenvalue weighted by Crippen LogP contribution is -2.14. The lowest BCUT2D eigenvalue weighted by Gasteiger charge is -2.12. The van der Waals surface area contributed by atoms with Crippen LogP contribution in [0.1, 0.15) is 19.8 Å². The summed E-state index contributed by atoms with van der Waals surface area (Å²) in [5.74, 6) is 0. The van der Waals surface area contributed by atoms with Crippen LogP contribution in [0.3, 0.4) is 0 Å². The molecule has 2 nitrogen and oxygen atoms in total. The van der Waals surface area contributed by atoms with Crippen LogP contribution in [0.4, 0.5) is 0 Å². The van der Waals surface area contributed by atoms with Gasteiger partial charge in [0.1, 0.15) is 0 Å². The van der Waals surface area contributed by atoms with Crippen LogP contribution in [0.5, 0.6) is 0 Å². The van der Waals surface area contributed by atoms with Crippen LogP contribution in [0.25, 0.3) is 0 Å². The monoisotopic (exact) mass is 196 g/mol. The van der Waals surface area contributed by atoms with E-state index in [9.17, 15) is 0 Å². The van der Waals surface area contributed by atoms with Gasteiger partial charge in [0.05, 0.1) is 13.2 Å². The second-order valence-electron chi connectivity index (χ2n) is 2.83. The molecular formula is C12H20O2. The van der Waals surface area contributed by atoms with Crippen LogP contribution >= 0.6 is 0 Å². The molecule has 0 aromatic rings. The summed E-state index contributed by atoms with van der Waals surface area (Å²) in [6, 6.07) is 0. The molecule has 0 atom stereocenters. The summed E-state index contributed by atoms with van der Waals surface area (Å²) in [7, 11) is 0. The van der Waals surface area contributed by atoms with Crippen LogP contribution in [-0.4, -0.2) is 19.5 Å². The highest BCUT2D eigenvalue weighted by molar-refractivity contribution is 4.86. The van der Waals surface area contributed by atoms with Crippen molar-refractivity contribution >= 4 is 0 Å². The van der Waals surface area contributed by atoms with Gasteiger partial charge in [-0.05, 0) is 12.5 Å². The molecule has 0 amide bonds. The molecule has 0 saturated heterocycles. The van der Waals surface area contributed by atoms with E-state index in [0.717, 1.165) is 12.8 Å². The van der Waals surface area contributed by atoms with Crippen molar-refractivity contribution < 1.29 is 9.47 Å². The molecule has 0 spiro atoms. The van der Waals surface area contributed by atoms with Crippen molar-refractivity contribution in [2.75, 3.05) is 13.2 Å². The SMILES string of the molecule is C=CCOC(/C=C/CCC)OCC=C. The Morgan fingerprint density at radius 1 is 1.14 bits per heavy atom. The first-order chi connectivity index (χ1) is 6.85. The molecule has 0 aliphatic carbocycles. The largest absolute Gasteiger partial charge is 0.345 e. The summed E-state index contributed by atoms with van der Waals surface area (Å²) in [5.41, 5.74) is 0. The van der Waals surface area contributed by atoms with Crippen molar-refractivity contribution in [2.45, 2.75) is 26.1 Å². The highest BCUT2D eigenvalue weighted by atomic mass is 16.7. The summed E-state index contributed by atoms with van der Waals surface area (Å²) in [6.45, 7) is 10.3. The predicted molar refractivity (Wildman–Crippen MR) is 60.1 cm³/mol. The van der Waals surface area contributed by atoms with E-state index in [0.29, 0.717) is 13.2 Å². The zero-order valence-corrected chi connectivity index (χ0v) is 8.95. The Morgan fingerprint density at radius 3 is 2.14 bits per heavy atom. The molecule has 0 saturated carbocycles. The molecule has 0 aromatic heterocycles. The minimum Gasteiger partial charge on any atom is -0.345 e. The van der Waals surface area contributed by atoms with Gasteiger partial charge in [-0.25, -0.2) is 0 Å². The van der Waals surface area contributed by atoms with Crippen molar-refractivity contribution in [1.29, 1.82) is 0 Å². The maximum absolute atomic E-state index is 5.37. The zero-order valence-electron chi connectivity index (χ0n) is 8.95. The van der Waals surface area contributed by atoms with Gasteiger partial charge < -0.3 is 9.47 Å². The summed E-state index contributed by atoms with van der Waals surface area (Å²) in [5, 5.41) is 0. The standard InChI is InChI=1S/C12H20O2/c1-4-7-8-9-12(13-10-5-2)14-11-6-3/h5-6,8-9,12H,2-4,7,10-11H2,1H3/b9-8+. The van der Waals surface area contributed by atoms with E-state index < -0.39 is 0 Å². The van der Waals surface area contributed by atoms with Crippen LogP contribution in [0.2, 0.25) is 0 Å². The number of hydrogen-bond donors (Lipinski definition) is 0. The van der Waals surface area contributed by atoms with Crippen molar-refractivity contribution in [1.82, 2.24) is 0 Å². The Balaban J connectivity index is 3.81. The fourth-order valence-electron chi connectivity index (χ4n) is 0.859. The molecule has 0 unspecified atom stereocenters. The van der Waals surface area contributed by atoms with Crippen LogP contribution in [-0.2, 0) is 9.47 Å². The van der Waals surface area contributed by atoms with Gasteiger partial charge in [0.15, 0.2) is 6.29 Å². The Labute approximate surface area is 86.9 Å². The summed E-state index contributed by atoms with van der Waals surface area (Å²) in [6.07, 6.45) is 9.30. The number of allylic oxidation sites excluding steroid dienone is 1. The van der Waals surface area contributed by atoms with E-state index in [1.165, 1.54) is 0 Å². The minimum atomic E-state index is -0.280. The fraction of sp³-hybridized carbons (Fsp3) is 0.500. The van der Waals surface area contributed by atoms with E-state index in [1.807, 2.05) is 6.08 Å². The smallest absolute Gasteiger partial charge is 0.177 e. The average molecular weight is 196 g/mol. The molecular weight excluding hydrogens is 176 g/mol. The number of ether oxygens (including phenoxy) is 2. The first-order valence-electron chi connectivity index (χ1n) is 4.96. The molecule has 2 heteroatoms. The molecule has 0 aliphatic rings. The van der Waals surface area contributed by atoms with Crippen LogP contribution in [0.15, 0.2) is 37.5 Å². The van der Waals surface area contributed by atoms with Crippen LogP contribution < -0.4 is 0 Å². The summed E-state index contributed by atoms with van der Waals surface area (Å²) < 4.78 is 10.7. The van der Waals surface area contributed by atoms with E-state index in [-0.39, 0.29) is 6.29 Å². The van der Waals surface area contributed by atoms with Gasteiger partial charge in [-0.2, -0.15) is 0 Å². The third-order valence-electron chi connectivity index (χ3n) is 1.51. The minimum absolute atomic E-state index is 0.280. The molecule has 0 aliphatic heterocycles. The quantitative estimate of drug-likeness (QED) is 0.417.